The van der Waals surface area contributed by atoms with E-state index in [0.717, 1.165) is 46.9 Å². The number of pyridine rings is 1. The van der Waals surface area contributed by atoms with Gasteiger partial charge in [-0.1, -0.05) is 18.2 Å². The van der Waals surface area contributed by atoms with Gasteiger partial charge in [-0.05, 0) is 53.4 Å². The summed E-state index contributed by atoms with van der Waals surface area (Å²) in [5, 5.41) is 5.21. The Morgan fingerprint density at radius 2 is 1.93 bits per heavy atom. The number of hydrogen-bond acceptors (Lipinski definition) is 5. The van der Waals surface area contributed by atoms with Gasteiger partial charge >= 0.3 is 0 Å². The molecule has 154 valence electrons. The quantitative estimate of drug-likeness (QED) is 0.421. The summed E-state index contributed by atoms with van der Waals surface area (Å²) in [5.41, 5.74) is 1.94. The minimum Gasteiger partial charge on any atom is -0.357 e. The molecule has 0 amide bonds. The van der Waals surface area contributed by atoms with Crippen LogP contribution in [0.15, 0.2) is 70.6 Å². The molecule has 1 fully saturated rings. The zero-order valence-electron chi connectivity index (χ0n) is 16.0. The van der Waals surface area contributed by atoms with Gasteiger partial charge in [-0.2, -0.15) is 5.10 Å². The Morgan fingerprint density at radius 3 is 2.70 bits per heavy atom. The van der Waals surface area contributed by atoms with Crippen molar-refractivity contribution in [1.82, 2.24) is 18.7 Å². The summed E-state index contributed by atoms with van der Waals surface area (Å²) in [7, 11) is -3.79. The number of benzene rings is 1. The van der Waals surface area contributed by atoms with Crippen LogP contribution in [0, 0.1) is 0 Å². The van der Waals surface area contributed by atoms with Gasteiger partial charge in [0.15, 0.2) is 5.65 Å². The molecule has 0 aliphatic carbocycles. The van der Waals surface area contributed by atoms with Crippen LogP contribution >= 0.6 is 15.9 Å². The van der Waals surface area contributed by atoms with E-state index in [1.54, 1.807) is 48.9 Å². The van der Waals surface area contributed by atoms with Crippen LogP contribution in [0.2, 0.25) is 0 Å². The molecule has 0 saturated carbocycles. The Kier molecular flexibility index (Phi) is 4.96. The number of ether oxygens (including phenoxy) is 1. The SMILES string of the molecule is O=S(=O)(c1ccccc1)n1cc(-c2cnn(C3CCCCO3)c2)c2cc(Br)cnc21. The van der Waals surface area contributed by atoms with E-state index >= 15 is 0 Å². The fraction of sp³-hybridized carbons (Fsp3) is 0.238. The van der Waals surface area contributed by atoms with E-state index < -0.39 is 10.0 Å². The number of nitrogens with zero attached hydrogens (tertiary/aromatic N) is 4. The minimum absolute atomic E-state index is 0.0845. The first kappa shape index (κ1) is 19.5. The van der Waals surface area contributed by atoms with Crippen molar-refractivity contribution >= 4 is 37.0 Å². The first-order valence-corrected chi connectivity index (χ1v) is 11.9. The molecule has 30 heavy (non-hydrogen) atoms. The molecule has 1 aliphatic heterocycles. The Balaban J connectivity index is 1.65. The van der Waals surface area contributed by atoms with E-state index in [1.807, 2.05) is 16.9 Å². The molecule has 1 saturated heterocycles. The summed E-state index contributed by atoms with van der Waals surface area (Å²) < 4.78 is 36.2. The third kappa shape index (κ3) is 3.36. The second-order valence-electron chi connectivity index (χ2n) is 7.21. The molecule has 4 aromatic rings. The van der Waals surface area contributed by atoms with E-state index in [1.165, 1.54) is 3.97 Å². The lowest BCUT2D eigenvalue weighted by Gasteiger charge is -2.22. The molecule has 0 bridgehead atoms. The predicted molar refractivity (Wildman–Crippen MR) is 117 cm³/mol. The largest absolute Gasteiger partial charge is 0.357 e. The topological polar surface area (TPSA) is 79.0 Å². The molecule has 3 aromatic heterocycles. The zero-order valence-corrected chi connectivity index (χ0v) is 18.4. The number of rotatable bonds is 4. The van der Waals surface area contributed by atoms with Crippen LogP contribution in [-0.4, -0.2) is 33.8 Å². The maximum Gasteiger partial charge on any atom is 0.269 e. The highest BCUT2D eigenvalue weighted by Crippen LogP contribution is 2.34. The summed E-state index contributed by atoms with van der Waals surface area (Å²) >= 11 is 3.45. The van der Waals surface area contributed by atoms with E-state index in [4.69, 9.17) is 4.74 Å². The lowest BCUT2D eigenvalue weighted by Crippen LogP contribution is -2.18. The Bertz CT molecular complexity index is 1310. The molecule has 9 heteroatoms. The van der Waals surface area contributed by atoms with Gasteiger partial charge in [0.2, 0.25) is 0 Å². The summed E-state index contributed by atoms with van der Waals surface area (Å²) in [5.74, 6) is 0. The van der Waals surface area contributed by atoms with Crippen molar-refractivity contribution in [3.63, 3.8) is 0 Å². The normalized spacial score (nSPS) is 17.4. The van der Waals surface area contributed by atoms with Crippen LogP contribution in [0.4, 0.5) is 0 Å². The van der Waals surface area contributed by atoms with Gasteiger partial charge in [0.05, 0.1) is 11.1 Å². The molecular weight excluding hydrogens is 468 g/mol. The second kappa shape index (κ2) is 7.64. The number of hydrogen-bond donors (Lipinski definition) is 0. The molecule has 0 spiro atoms. The lowest BCUT2D eigenvalue weighted by molar-refractivity contribution is -0.0394. The highest BCUT2D eigenvalue weighted by Gasteiger charge is 2.24. The molecule has 1 atom stereocenters. The predicted octanol–water partition coefficient (Wildman–Crippen LogP) is 4.60. The lowest BCUT2D eigenvalue weighted by atomic mass is 10.1. The maximum absolute atomic E-state index is 13.3. The summed E-state index contributed by atoms with van der Waals surface area (Å²) in [6.45, 7) is 0.728. The standard InChI is InChI=1S/C21H19BrN4O3S/c22-16-10-18-19(15-11-24-25(13-15)20-8-4-5-9-29-20)14-26(21(18)23-12-16)30(27,28)17-6-2-1-3-7-17/h1-3,6-7,10-14,20H,4-5,8-9H2. The first-order chi connectivity index (χ1) is 14.5. The monoisotopic (exact) mass is 486 g/mol. The molecule has 5 rings (SSSR count). The molecule has 1 aliphatic rings. The van der Waals surface area contributed by atoms with Crippen molar-refractivity contribution in [3.05, 3.63) is 65.7 Å². The van der Waals surface area contributed by atoms with Crippen molar-refractivity contribution in [2.45, 2.75) is 30.4 Å². The molecule has 7 nitrogen and oxygen atoms in total. The second-order valence-corrected chi connectivity index (χ2v) is 9.94. The highest BCUT2D eigenvalue weighted by atomic mass is 79.9. The van der Waals surface area contributed by atoms with Crippen LogP contribution in [0.3, 0.4) is 0 Å². The van der Waals surface area contributed by atoms with Gasteiger partial charge < -0.3 is 4.74 Å². The summed E-state index contributed by atoms with van der Waals surface area (Å²) in [4.78, 5) is 4.61. The fourth-order valence-corrected chi connectivity index (χ4v) is 5.42. The molecule has 0 radical (unpaired) electrons. The molecule has 1 aromatic carbocycles. The van der Waals surface area contributed by atoms with Crippen LogP contribution in [0.1, 0.15) is 25.5 Å². The third-order valence-corrected chi connectivity index (χ3v) is 7.34. The number of halogens is 1. The van der Waals surface area contributed by atoms with Crippen LogP contribution in [0.5, 0.6) is 0 Å². The van der Waals surface area contributed by atoms with Crippen molar-refractivity contribution in [1.29, 1.82) is 0 Å². The van der Waals surface area contributed by atoms with Gasteiger partial charge in [0.25, 0.3) is 10.0 Å². The average Bonchev–Trinajstić information content (AvgIpc) is 3.40. The smallest absolute Gasteiger partial charge is 0.269 e. The zero-order chi connectivity index (χ0) is 20.7. The Morgan fingerprint density at radius 1 is 1.10 bits per heavy atom. The molecule has 4 heterocycles. The highest BCUT2D eigenvalue weighted by molar-refractivity contribution is 9.10. The maximum atomic E-state index is 13.3. The van der Waals surface area contributed by atoms with E-state index in [2.05, 4.69) is 26.0 Å². The van der Waals surface area contributed by atoms with Crippen molar-refractivity contribution in [3.8, 4) is 11.1 Å². The van der Waals surface area contributed by atoms with Crippen molar-refractivity contribution < 1.29 is 13.2 Å². The van der Waals surface area contributed by atoms with Crippen LogP contribution in [-0.2, 0) is 14.8 Å². The molecule has 0 N–H and O–H groups in total. The van der Waals surface area contributed by atoms with Crippen molar-refractivity contribution in [2.24, 2.45) is 0 Å². The van der Waals surface area contributed by atoms with E-state index in [9.17, 15) is 8.42 Å². The number of fused-ring (bicyclic) bond motifs is 1. The summed E-state index contributed by atoms with van der Waals surface area (Å²) in [6, 6.07) is 10.2. The Hall–Kier alpha value is -2.49. The molecular formula is C21H19BrN4O3S. The molecule has 1 unspecified atom stereocenters. The van der Waals surface area contributed by atoms with E-state index in [0.29, 0.717) is 5.65 Å². The summed E-state index contributed by atoms with van der Waals surface area (Å²) in [6.07, 6.45) is 9.87. The van der Waals surface area contributed by atoms with Gasteiger partial charge in [-0.15, -0.1) is 0 Å². The fourth-order valence-electron chi connectivity index (χ4n) is 3.74. The van der Waals surface area contributed by atoms with Crippen LogP contribution in [0.25, 0.3) is 22.2 Å². The van der Waals surface area contributed by atoms with Gasteiger partial charge in [0, 0.05) is 46.2 Å². The third-order valence-electron chi connectivity index (χ3n) is 5.24. The Labute approximate surface area is 182 Å². The number of aromatic nitrogens is 4. The van der Waals surface area contributed by atoms with Gasteiger partial charge in [0.1, 0.15) is 6.23 Å². The van der Waals surface area contributed by atoms with Gasteiger partial charge in [-0.25, -0.2) is 22.1 Å². The van der Waals surface area contributed by atoms with Crippen molar-refractivity contribution in [2.75, 3.05) is 6.61 Å². The average molecular weight is 487 g/mol. The first-order valence-electron chi connectivity index (χ1n) is 9.67. The van der Waals surface area contributed by atoms with Gasteiger partial charge in [-0.3, -0.25) is 0 Å². The van der Waals surface area contributed by atoms with Crippen LogP contribution < -0.4 is 0 Å². The minimum atomic E-state index is -3.79. The van der Waals surface area contributed by atoms with E-state index in [-0.39, 0.29) is 11.1 Å².